The minimum Gasteiger partial charge on any atom is -0.399 e. The molecule has 1 saturated carbocycles. The van der Waals surface area contributed by atoms with Crippen molar-refractivity contribution in [3.63, 3.8) is 0 Å². The number of carbonyl (C=O) groups is 1. The molecule has 1 aromatic heterocycles. The number of amides is 1. The Balaban J connectivity index is 1.79. The van der Waals surface area contributed by atoms with Gasteiger partial charge in [-0.3, -0.25) is 4.79 Å². The van der Waals surface area contributed by atoms with Crippen molar-refractivity contribution in [3.8, 4) is 0 Å². The summed E-state index contributed by atoms with van der Waals surface area (Å²) in [4.78, 5) is 15.5. The van der Waals surface area contributed by atoms with Crippen LogP contribution < -0.4 is 11.1 Å². The van der Waals surface area contributed by atoms with E-state index >= 15 is 0 Å². The lowest BCUT2D eigenvalue weighted by molar-refractivity contribution is 0.0937. The van der Waals surface area contributed by atoms with Crippen molar-refractivity contribution in [2.75, 3.05) is 5.73 Å². The molecule has 2 aromatic rings. The number of carbonyl (C=O) groups excluding carboxylic acids is 1. The second-order valence-corrected chi connectivity index (χ2v) is 6.58. The number of fused-ring (bicyclic) bond motifs is 1. The van der Waals surface area contributed by atoms with Gasteiger partial charge in [0, 0.05) is 28.8 Å². The van der Waals surface area contributed by atoms with E-state index in [1.165, 1.54) is 6.42 Å². The Morgan fingerprint density at radius 1 is 1.45 bits per heavy atom. The molecule has 4 nitrogen and oxygen atoms in total. The number of aromatic nitrogens is 1. The molecule has 1 heterocycles. The normalized spacial score (nSPS) is 21.2. The predicted octanol–water partition coefficient (Wildman–Crippen LogP) is 3.06. The van der Waals surface area contributed by atoms with Crippen LogP contribution in [0.2, 0.25) is 0 Å². The van der Waals surface area contributed by atoms with Crippen LogP contribution in [0.15, 0.2) is 24.4 Å². The van der Waals surface area contributed by atoms with E-state index in [4.69, 9.17) is 5.73 Å². The molecule has 1 unspecified atom stereocenters. The number of benzene rings is 1. The van der Waals surface area contributed by atoms with E-state index in [0.29, 0.717) is 16.7 Å². The lowest BCUT2D eigenvalue weighted by atomic mass is 9.92. The average molecular weight is 271 g/mol. The zero-order chi connectivity index (χ0) is 14.3. The minimum atomic E-state index is 0.00345. The first kappa shape index (κ1) is 13.0. The molecule has 106 valence electrons. The molecule has 0 spiro atoms. The highest BCUT2D eigenvalue weighted by atomic mass is 16.1. The van der Waals surface area contributed by atoms with E-state index in [9.17, 15) is 4.79 Å². The number of H-pyrrole nitrogens is 1. The van der Waals surface area contributed by atoms with Gasteiger partial charge in [-0.25, -0.2) is 0 Å². The number of hydrogen-bond acceptors (Lipinski definition) is 2. The van der Waals surface area contributed by atoms with Gasteiger partial charge in [0.15, 0.2) is 0 Å². The third-order valence-corrected chi connectivity index (χ3v) is 4.25. The Labute approximate surface area is 118 Å². The molecule has 4 N–H and O–H groups in total. The summed E-state index contributed by atoms with van der Waals surface area (Å²) in [7, 11) is 0. The third-order valence-electron chi connectivity index (χ3n) is 4.25. The van der Waals surface area contributed by atoms with Crippen LogP contribution >= 0.6 is 0 Å². The summed E-state index contributed by atoms with van der Waals surface area (Å²) >= 11 is 0. The second-order valence-electron chi connectivity index (χ2n) is 6.58. The molecule has 3 rings (SSSR count). The maximum atomic E-state index is 12.4. The van der Waals surface area contributed by atoms with E-state index < -0.39 is 0 Å². The van der Waals surface area contributed by atoms with Crippen LogP contribution in [0, 0.1) is 5.41 Å². The first-order valence-electron chi connectivity index (χ1n) is 7.12. The summed E-state index contributed by atoms with van der Waals surface area (Å²) in [6.07, 6.45) is 5.05. The molecule has 20 heavy (non-hydrogen) atoms. The van der Waals surface area contributed by atoms with Crippen molar-refractivity contribution in [2.24, 2.45) is 5.41 Å². The molecule has 0 radical (unpaired) electrons. The number of anilines is 1. The Kier molecular flexibility index (Phi) is 2.96. The molecule has 1 aliphatic carbocycles. The second kappa shape index (κ2) is 4.54. The van der Waals surface area contributed by atoms with Crippen molar-refractivity contribution in [1.82, 2.24) is 10.3 Å². The molecule has 1 atom stereocenters. The monoisotopic (exact) mass is 271 g/mol. The van der Waals surface area contributed by atoms with E-state index in [2.05, 4.69) is 24.1 Å². The molecule has 1 aliphatic rings. The lowest BCUT2D eigenvalue weighted by Crippen LogP contribution is -2.33. The Hall–Kier alpha value is -1.97. The van der Waals surface area contributed by atoms with Gasteiger partial charge in [0.2, 0.25) is 0 Å². The van der Waals surface area contributed by atoms with Gasteiger partial charge in [0.25, 0.3) is 5.91 Å². The lowest BCUT2D eigenvalue weighted by Gasteiger charge is -2.17. The van der Waals surface area contributed by atoms with Gasteiger partial charge in [-0.1, -0.05) is 13.8 Å². The highest BCUT2D eigenvalue weighted by molar-refractivity contribution is 6.07. The summed E-state index contributed by atoms with van der Waals surface area (Å²) in [5.74, 6) is 0.00345. The fraction of sp³-hybridized carbons (Fsp3) is 0.438. The standard InChI is InChI=1S/C16H21N3O/c1-16(2)6-5-11(8-16)19-15(20)13-9-18-14-7-10(17)3-4-12(13)14/h3-4,7,9,11,18H,5-6,8,17H2,1-2H3,(H,19,20). The van der Waals surface area contributed by atoms with Gasteiger partial charge in [0.1, 0.15) is 0 Å². The summed E-state index contributed by atoms with van der Waals surface area (Å²) in [5.41, 5.74) is 8.39. The average Bonchev–Trinajstić information content (AvgIpc) is 2.92. The number of hydrogen-bond donors (Lipinski definition) is 3. The fourth-order valence-corrected chi connectivity index (χ4v) is 3.15. The number of nitrogens with two attached hydrogens (primary N) is 1. The van der Waals surface area contributed by atoms with Crippen LogP contribution in [0.1, 0.15) is 43.5 Å². The molecule has 1 amide bonds. The first-order chi connectivity index (χ1) is 9.44. The SMILES string of the molecule is CC1(C)CCC(NC(=O)c2c[nH]c3cc(N)ccc23)C1. The van der Waals surface area contributed by atoms with Crippen LogP contribution in [-0.2, 0) is 0 Å². The van der Waals surface area contributed by atoms with Crippen molar-refractivity contribution in [1.29, 1.82) is 0 Å². The molecule has 0 bridgehead atoms. The van der Waals surface area contributed by atoms with Crippen LogP contribution in [0.25, 0.3) is 10.9 Å². The third kappa shape index (κ3) is 2.38. The van der Waals surface area contributed by atoms with Gasteiger partial charge in [-0.2, -0.15) is 0 Å². The predicted molar refractivity (Wildman–Crippen MR) is 81.6 cm³/mol. The van der Waals surface area contributed by atoms with Crippen LogP contribution in [-0.4, -0.2) is 16.9 Å². The molecular formula is C16H21N3O. The van der Waals surface area contributed by atoms with Crippen molar-refractivity contribution < 1.29 is 4.79 Å². The Morgan fingerprint density at radius 3 is 2.95 bits per heavy atom. The smallest absolute Gasteiger partial charge is 0.253 e. The van der Waals surface area contributed by atoms with Gasteiger partial charge in [-0.15, -0.1) is 0 Å². The van der Waals surface area contributed by atoms with Crippen molar-refractivity contribution in [3.05, 3.63) is 30.0 Å². The molecule has 4 heteroatoms. The summed E-state index contributed by atoms with van der Waals surface area (Å²) in [5, 5.41) is 4.08. The highest BCUT2D eigenvalue weighted by Crippen LogP contribution is 2.37. The highest BCUT2D eigenvalue weighted by Gasteiger charge is 2.32. The maximum Gasteiger partial charge on any atom is 0.253 e. The molecule has 1 fully saturated rings. The Morgan fingerprint density at radius 2 is 2.25 bits per heavy atom. The number of rotatable bonds is 2. The molecule has 0 saturated heterocycles. The van der Waals surface area contributed by atoms with E-state index in [0.717, 1.165) is 23.7 Å². The van der Waals surface area contributed by atoms with E-state index in [-0.39, 0.29) is 11.9 Å². The molecule has 0 aliphatic heterocycles. The Bertz CT molecular complexity index is 657. The maximum absolute atomic E-state index is 12.4. The fourth-order valence-electron chi connectivity index (χ4n) is 3.15. The largest absolute Gasteiger partial charge is 0.399 e. The van der Waals surface area contributed by atoms with Gasteiger partial charge < -0.3 is 16.0 Å². The van der Waals surface area contributed by atoms with Crippen LogP contribution in [0.4, 0.5) is 5.69 Å². The topological polar surface area (TPSA) is 70.9 Å². The van der Waals surface area contributed by atoms with Gasteiger partial charge in [0.05, 0.1) is 5.56 Å². The summed E-state index contributed by atoms with van der Waals surface area (Å²) in [6, 6.07) is 5.86. The van der Waals surface area contributed by atoms with Gasteiger partial charge >= 0.3 is 0 Å². The molecular weight excluding hydrogens is 250 g/mol. The molecule has 1 aromatic carbocycles. The first-order valence-corrected chi connectivity index (χ1v) is 7.12. The number of nitrogens with one attached hydrogen (secondary N) is 2. The summed E-state index contributed by atoms with van der Waals surface area (Å²) < 4.78 is 0. The zero-order valence-corrected chi connectivity index (χ0v) is 12.0. The van der Waals surface area contributed by atoms with Crippen LogP contribution in [0.5, 0.6) is 0 Å². The van der Waals surface area contributed by atoms with E-state index in [1.54, 1.807) is 6.20 Å². The number of nitrogen functional groups attached to an aromatic ring is 1. The van der Waals surface area contributed by atoms with Gasteiger partial charge in [-0.05, 0) is 42.9 Å². The minimum absolute atomic E-state index is 0.00345. The number of aromatic amines is 1. The van der Waals surface area contributed by atoms with Crippen LogP contribution in [0.3, 0.4) is 0 Å². The van der Waals surface area contributed by atoms with Crippen molar-refractivity contribution >= 4 is 22.5 Å². The quantitative estimate of drug-likeness (QED) is 0.735. The van der Waals surface area contributed by atoms with E-state index in [1.807, 2.05) is 18.2 Å². The zero-order valence-electron chi connectivity index (χ0n) is 12.0. The summed E-state index contributed by atoms with van der Waals surface area (Å²) in [6.45, 7) is 4.52. The van der Waals surface area contributed by atoms with Crippen molar-refractivity contribution in [2.45, 2.75) is 39.2 Å².